The Morgan fingerprint density at radius 1 is 1.07 bits per heavy atom. The summed E-state index contributed by atoms with van der Waals surface area (Å²) in [6, 6.07) is 15.3. The maximum absolute atomic E-state index is 11.4. The summed E-state index contributed by atoms with van der Waals surface area (Å²) in [4.78, 5) is 11.4. The summed E-state index contributed by atoms with van der Waals surface area (Å²) in [7, 11) is 1.57. The minimum Gasteiger partial charge on any atom is -0.493 e. The number of ether oxygens (including phenoxy) is 3. The van der Waals surface area contributed by atoms with Gasteiger partial charge < -0.3 is 19.5 Å². The molecule has 6 heteroatoms. The van der Waals surface area contributed by atoms with Gasteiger partial charge in [0.05, 0.1) is 13.2 Å². The first-order valence-electron chi connectivity index (χ1n) is 9.20. The van der Waals surface area contributed by atoms with Crippen LogP contribution in [-0.4, -0.2) is 26.2 Å². The fourth-order valence-corrected chi connectivity index (χ4v) is 2.67. The second-order valence-corrected chi connectivity index (χ2v) is 6.49. The highest BCUT2D eigenvalue weighted by Crippen LogP contribution is 2.29. The largest absolute Gasteiger partial charge is 0.493 e. The quantitative estimate of drug-likeness (QED) is 0.632. The van der Waals surface area contributed by atoms with Crippen molar-refractivity contribution >= 4 is 5.91 Å². The lowest BCUT2D eigenvalue weighted by Crippen LogP contribution is -2.21. The molecule has 0 saturated heterocycles. The highest BCUT2D eigenvalue weighted by Gasteiger charge is 2.09. The molecular formula is C22H26N2O4. The summed E-state index contributed by atoms with van der Waals surface area (Å²) >= 11 is 0. The maximum Gasteiger partial charge on any atom is 0.234 e. The Hall–Kier alpha value is -3.20. The molecule has 2 aromatic rings. The molecule has 1 N–H and O–H groups in total. The minimum atomic E-state index is -0.305. The van der Waals surface area contributed by atoms with E-state index in [-0.39, 0.29) is 12.3 Å². The smallest absolute Gasteiger partial charge is 0.234 e. The Labute approximate surface area is 166 Å². The van der Waals surface area contributed by atoms with E-state index >= 15 is 0 Å². The van der Waals surface area contributed by atoms with E-state index in [0.717, 1.165) is 11.3 Å². The summed E-state index contributed by atoms with van der Waals surface area (Å²) < 4.78 is 17.0. The number of carbonyl (C=O) groups is 1. The monoisotopic (exact) mass is 382 g/mol. The van der Waals surface area contributed by atoms with E-state index in [0.29, 0.717) is 37.2 Å². The molecule has 0 fully saturated rings. The van der Waals surface area contributed by atoms with Crippen molar-refractivity contribution in [2.24, 2.45) is 0 Å². The number of hydrogen-bond donors (Lipinski definition) is 1. The van der Waals surface area contributed by atoms with Gasteiger partial charge in [0.1, 0.15) is 25.4 Å². The average molecular weight is 382 g/mol. The Bertz CT molecular complexity index is 828. The molecule has 0 aliphatic carbocycles. The van der Waals surface area contributed by atoms with E-state index in [1.165, 1.54) is 5.56 Å². The molecule has 2 rings (SSSR count). The average Bonchev–Trinajstić information content (AvgIpc) is 2.70. The van der Waals surface area contributed by atoms with Crippen LogP contribution >= 0.6 is 0 Å². The standard InChI is InChI=1S/C22H26N2O4/c1-16(2)18-6-4-5-7-19(18)27-12-13-28-20-9-8-17(14-21(20)26-3)15-24-22(25)10-11-23/h4-9,14,16H,10,12-13,15H2,1-3H3,(H,24,25). The molecule has 0 saturated carbocycles. The van der Waals surface area contributed by atoms with Gasteiger partial charge in [-0.3, -0.25) is 4.79 Å². The second-order valence-electron chi connectivity index (χ2n) is 6.49. The molecule has 28 heavy (non-hydrogen) atoms. The Kier molecular flexibility index (Phi) is 8.16. The molecule has 0 unspecified atom stereocenters. The first-order valence-corrected chi connectivity index (χ1v) is 9.20. The van der Waals surface area contributed by atoms with Crippen LogP contribution in [0.1, 0.15) is 37.3 Å². The summed E-state index contributed by atoms with van der Waals surface area (Å²) in [6.07, 6.45) is -0.154. The predicted molar refractivity (Wildman–Crippen MR) is 107 cm³/mol. The van der Waals surface area contributed by atoms with E-state index in [4.69, 9.17) is 19.5 Å². The third kappa shape index (κ3) is 6.20. The molecule has 1 amide bonds. The molecule has 0 bridgehead atoms. The molecule has 6 nitrogen and oxygen atoms in total. The number of methoxy groups -OCH3 is 1. The predicted octanol–water partition coefficient (Wildman–Crippen LogP) is 3.81. The van der Waals surface area contributed by atoms with Gasteiger partial charge in [0.2, 0.25) is 5.91 Å². The molecule has 0 aliphatic rings. The lowest BCUT2D eigenvalue weighted by atomic mass is 10.0. The SMILES string of the molecule is COc1cc(CNC(=O)CC#N)ccc1OCCOc1ccccc1C(C)C. The van der Waals surface area contributed by atoms with Crippen molar-refractivity contribution in [1.82, 2.24) is 5.32 Å². The molecule has 2 aromatic carbocycles. The van der Waals surface area contributed by atoms with Crippen LogP contribution in [0.3, 0.4) is 0 Å². The number of para-hydroxylation sites is 1. The number of nitrogens with one attached hydrogen (secondary N) is 1. The Balaban J connectivity index is 1.89. The van der Waals surface area contributed by atoms with Gasteiger partial charge in [-0.15, -0.1) is 0 Å². The van der Waals surface area contributed by atoms with Crippen LogP contribution in [0.5, 0.6) is 17.2 Å². The minimum absolute atomic E-state index is 0.154. The van der Waals surface area contributed by atoms with E-state index in [9.17, 15) is 4.79 Å². The Morgan fingerprint density at radius 2 is 1.79 bits per heavy atom. The van der Waals surface area contributed by atoms with Crippen LogP contribution in [-0.2, 0) is 11.3 Å². The van der Waals surface area contributed by atoms with E-state index in [1.54, 1.807) is 19.2 Å². The van der Waals surface area contributed by atoms with Crippen molar-refractivity contribution in [3.05, 3.63) is 53.6 Å². The van der Waals surface area contributed by atoms with Gasteiger partial charge in [-0.2, -0.15) is 5.26 Å². The summed E-state index contributed by atoms with van der Waals surface area (Å²) in [5.41, 5.74) is 2.03. The normalized spacial score (nSPS) is 10.2. The molecule has 148 valence electrons. The van der Waals surface area contributed by atoms with Crippen LogP contribution < -0.4 is 19.5 Å². The van der Waals surface area contributed by atoms with Gasteiger partial charge >= 0.3 is 0 Å². The summed E-state index contributed by atoms with van der Waals surface area (Å²) in [6.45, 7) is 5.38. The van der Waals surface area contributed by atoms with Gasteiger partial charge in [-0.05, 0) is 35.2 Å². The molecule has 0 heterocycles. The summed E-state index contributed by atoms with van der Waals surface area (Å²) in [5, 5.41) is 11.2. The van der Waals surface area contributed by atoms with Crippen molar-refractivity contribution < 1.29 is 19.0 Å². The molecule has 0 atom stereocenters. The second kappa shape index (κ2) is 10.8. The summed E-state index contributed by atoms with van der Waals surface area (Å²) in [5.74, 6) is 2.14. The fraction of sp³-hybridized carbons (Fsp3) is 0.364. The van der Waals surface area contributed by atoms with Crippen LogP contribution in [0.15, 0.2) is 42.5 Å². The van der Waals surface area contributed by atoms with Crippen molar-refractivity contribution in [3.8, 4) is 23.3 Å². The highest BCUT2D eigenvalue weighted by molar-refractivity contribution is 5.77. The third-order valence-electron chi connectivity index (χ3n) is 4.10. The first kappa shape index (κ1) is 21.1. The molecular weight excluding hydrogens is 356 g/mol. The van der Waals surface area contributed by atoms with Gasteiger partial charge in [-0.1, -0.05) is 38.1 Å². The van der Waals surface area contributed by atoms with E-state index in [1.807, 2.05) is 30.3 Å². The lowest BCUT2D eigenvalue weighted by Gasteiger charge is -2.15. The van der Waals surface area contributed by atoms with Crippen LogP contribution in [0.2, 0.25) is 0 Å². The molecule has 0 radical (unpaired) electrons. The van der Waals surface area contributed by atoms with Crippen molar-refractivity contribution in [2.45, 2.75) is 32.7 Å². The van der Waals surface area contributed by atoms with Crippen LogP contribution in [0, 0.1) is 11.3 Å². The van der Waals surface area contributed by atoms with Gasteiger partial charge in [0, 0.05) is 6.54 Å². The number of nitriles is 1. The number of hydrogen-bond acceptors (Lipinski definition) is 5. The lowest BCUT2D eigenvalue weighted by molar-refractivity contribution is -0.120. The topological polar surface area (TPSA) is 80.6 Å². The zero-order valence-electron chi connectivity index (χ0n) is 16.5. The van der Waals surface area contributed by atoms with E-state index in [2.05, 4.69) is 25.2 Å². The Morgan fingerprint density at radius 3 is 2.46 bits per heavy atom. The molecule has 0 spiro atoms. The number of rotatable bonds is 10. The molecule has 0 aromatic heterocycles. The zero-order chi connectivity index (χ0) is 20.4. The fourth-order valence-electron chi connectivity index (χ4n) is 2.67. The number of benzene rings is 2. The number of amides is 1. The van der Waals surface area contributed by atoms with Crippen LogP contribution in [0.25, 0.3) is 0 Å². The maximum atomic E-state index is 11.4. The van der Waals surface area contributed by atoms with Crippen LogP contribution in [0.4, 0.5) is 0 Å². The van der Waals surface area contributed by atoms with Crippen molar-refractivity contribution in [1.29, 1.82) is 5.26 Å². The first-order chi connectivity index (χ1) is 13.5. The van der Waals surface area contributed by atoms with Crippen molar-refractivity contribution in [3.63, 3.8) is 0 Å². The van der Waals surface area contributed by atoms with Crippen molar-refractivity contribution in [2.75, 3.05) is 20.3 Å². The molecule has 0 aliphatic heterocycles. The van der Waals surface area contributed by atoms with Gasteiger partial charge in [-0.25, -0.2) is 0 Å². The number of carbonyl (C=O) groups excluding carboxylic acids is 1. The van der Waals surface area contributed by atoms with Gasteiger partial charge in [0.15, 0.2) is 11.5 Å². The zero-order valence-corrected chi connectivity index (χ0v) is 16.5. The number of nitrogens with zero attached hydrogens (tertiary/aromatic N) is 1. The highest BCUT2D eigenvalue weighted by atomic mass is 16.5. The third-order valence-corrected chi connectivity index (χ3v) is 4.10. The van der Waals surface area contributed by atoms with Gasteiger partial charge in [0.25, 0.3) is 0 Å². The van der Waals surface area contributed by atoms with E-state index < -0.39 is 0 Å².